The Balaban J connectivity index is 1.75. The van der Waals surface area contributed by atoms with Crippen molar-refractivity contribution in [1.82, 2.24) is 4.90 Å². The average Bonchev–Trinajstić information content (AvgIpc) is 3.07. The molecule has 2 aromatic carbocycles. The second-order valence-corrected chi connectivity index (χ2v) is 13.1. The van der Waals surface area contributed by atoms with Gasteiger partial charge in [0, 0.05) is 17.4 Å². The van der Waals surface area contributed by atoms with E-state index >= 15 is 0 Å². The number of halogens is 1. The van der Waals surface area contributed by atoms with Crippen molar-refractivity contribution >= 4 is 39.2 Å². The van der Waals surface area contributed by atoms with Crippen LogP contribution in [0, 0.1) is 0 Å². The maximum Gasteiger partial charge on any atom is 0.326 e. The summed E-state index contributed by atoms with van der Waals surface area (Å²) in [6, 6.07) is 13.5. The summed E-state index contributed by atoms with van der Waals surface area (Å²) in [6.07, 6.45) is 22.0. The van der Waals surface area contributed by atoms with Gasteiger partial charge in [-0.15, -0.1) is 0 Å². The first kappa shape index (κ1) is 39.4. The van der Waals surface area contributed by atoms with E-state index in [9.17, 15) is 14.7 Å². The van der Waals surface area contributed by atoms with Crippen LogP contribution in [0.25, 0.3) is 0 Å². The van der Waals surface area contributed by atoms with Crippen LogP contribution in [0.1, 0.15) is 140 Å². The van der Waals surface area contributed by atoms with E-state index in [1.807, 2.05) is 24.3 Å². The normalized spacial score (nSPS) is 12.0. The Hall–Kier alpha value is -2.74. The zero-order chi connectivity index (χ0) is 33.2. The molecular formula is C38H58BrN3O4. The van der Waals surface area contributed by atoms with Crippen LogP contribution in [0.5, 0.6) is 5.75 Å². The van der Waals surface area contributed by atoms with Crippen LogP contribution in [0.4, 0.5) is 11.4 Å². The number of azo groups is 1. The topological polar surface area (TPSA) is 91.6 Å². The minimum atomic E-state index is -0.996. The molecule has 2 rings (SSSR count). The smallest absolute Gasteiger partial charge is 0.326 e. The predicted octanol–water partition coefficient (Wildman–Crippen LogP) is 11.8. The van der Waals surface area contributed by atoms with E-state index in [1.165, 1.54) is 94.8 Å². The Morgan fingerprint density at radius 2 is 1.15 bits per heavy atom. The van der Waals surface area contributed by atoms with Gasteiger partial charge in [0.2, 0.25) is 0 Å². The summed E-state index contributed by atoms with van der Waals surface area (Å²) in [4.78, 5) is 26.5. The zero-order valence-electron chi connectivity index (χ0n) is 28.4. The molecule has 8 heteroatoms. The molecule has 0 bridgehead atoms. The monoisotopic (exact) mass is 699 g/mol. The number of alkyl halides is 1. The summed E-state index contributed by atoms with van der Waals surface area (Å²) >= 11 is 3.49. The second kappa shape index (κ2) is 25.4. The van der Waals surface area contributed by atoms with Crippen molar-refractivity contribution in [1.29, 1.82) is 0 Å². The minimum absolute atomic E-state index is 0.272. The number of carboxylic acids is 1. The minimum Gasteiger partial charge on any atom is -0.494 e. The van der Waals surface area contributed by atoms with E-state index in [0.29, 0.717) is 23.5 Å². The van der Waals surface area contributed by atoms with E-state index in [4.69, 9.17) is 4.74 Å². The average molecular weight is 701 g/mol. The maximum absolute atomic E-state index is 13.3. The molecule has 0 heterocycles. The van der Waals surface area contributed by atoms with Gasteiger partial charge in [-0.1, -0.05) is 119 Å². The Morgan fingerprint density at radius 1 is 0.696 bits per heavy atom. The number of hydrogen-bond donors (Lipinski definition) is 1. The highest BCUT2D eigenvalue weighted by atomic mass is 79.9. The lowest BCUT2D eigenvalue weighted by Crippen LogP contribution is -2.43. The van der Waals surface area contributed by atoms with Crippen molar-refractivity contribution in [2.45, 2.75) is 135 Å². The lowest BCUT2D eigenvalue weighted by atomic mass is 10.1. The molecule has 0 radical (unpaired) electrons. The van der Waals surface area contributed by atoms with Crippen LogP contribution in [-0.4, -0.2) is 46.4 Å². The Morgan fingerprint density at radius 3 is 1.65 bits per heavy atom. The first-order valence-corrected chi connectivity index (χ1v) is 18.9. The number of rotatable bonds is 27. The molecule has 7 nitrogen and oxygen atoms in total. The first-order valence-electron chi connectivity index (χ1n) is 17.8. The van der Waals surface area contributed by atoms with Crippen molar-refractivity contribution in [2.75, 3.05) is 18.5 Å². The number of benzene rings is 2. The van der Waals surface area contributed by atoms with Crippen LogP contribution in [0.15, 0.2) is 58.8 Å². The zero-order valence-corrected chi connectivity index (χ0v) is 30.0. The molecule has 46 heavy (non-hydrogen) atoms. The Kier molecular flexibility index (Phi) is 21.7. The molecule has 0 unspecified atom stereocenters. The molecule has 2 aromatic rings. The van der Waals surface area contributed by atoms with Gasteiger partial charge in [-0.3, -0.25) is 4.79 Å². The van der Waals surface area contributed by atoms with Gasteiger partial charge < -0.3 is 14.7 Å². The number of amides is 1. The molecular weight excluding hydrogens is 642 g/mol. The van der Waals surface area contributed by atoms with E-state index < -0.39 is 12.0 Å². The van der Waals surface area contributed by atoms with Crippen molar-refractivity contribution in [3.8, 4) is 5.75 Å². The summed E-state index contributed by atoms with van der Waals surface area (Å²) in [5.41, 5.74) is 1.78. The molecule has 0 saturated heterocycles. The number of aliphatic carboxylic acids is 1. The third-order valence-corrected chi connectivity index (χ3v) is 8.93. The summed E-state index contributed by atoms with van der Waals surface area (Å²) < 4.78 is 5.88. The predicted molar refractivity (Wildman–Crippen MR) is 193 cm³/mol. The third kappa shape index (κ3) is 17.3. The molecule has 256 valence electrons. The number of carbonyl (C=O) groups is 2. The van der Waals surface area contributed by atoms with Gasteiger partial charge in [0.25, 0.3) is 5.91 Å². The quantitative estimate of drug-likeness (QED) is 0.0570. The van der Waals surface area contributed by atoms with Gasteiger partial charge >= 0.3 is 5.97 Å². The lowest BCUT2D eigenvalue weighted by molar-refractivity contribution is -0.141. The second-order valence-electron chi connectivity index (χ2n) is 12.3. The van der Waals surface area contributed by atoms with E-state index in [0.717, 1.165) is 43.4 Å². The summed E-state index contributed by atoms with van der Waals surface area (Å²) in [5, 5.41) is 19.4. The fourth-order valence-corrected chi connectivity index (χ4v) is 5.78. The highest BCUT2D eigenvalue weighted by molar-refractivity contribution is 9.09. The number of nitrogens with zero attached hydrogens (tertiary/aromatic N) is 3. The van der Waals surface area contributed by atoms with Crippen molar-refractivity contribution in [2.24, 2.45) is 10.2 Å². The van der Waals surface area contributed by atoms with Gasteiger partial charge in [0.15, 0.2) is 0 Å². The molecule has 0 saturated carbocycles. The van der Waals surface area contributed by atoms with Crippen LogP contribution in [0.2, 0.25) is 0 Å². The number of carbonyl (C=O) groups excluding carboxylic acids is 1. The van der Waals surface area contributed by atoms with Gasteiger partial charge in [-0.25, -0.2) is 4.79 Å². The summed E-state index contributed by atoms with van der Waals surface area (Å²) in [7, 11) is 0. The Labute approximate surface area is 286 Å². The number of carboxylic acid groups (broad SMARTS) is 1. The van der Waals surface area contributed by atoms with Crippen molar-refractivity contribution in [3.05, 3.63) is 54.1 Å². The molecule has 0 aromatic heterocycles. The largest absolute Gasteiger partial charge is 0.494 e. The molecule has 1 amide bonds. The van der Waals surface area contributed by atoms with Crippen LogP contribution >= 0.6 is 15.9 Å². The van der Waals surface area contributed by atoms with Crippen molar-refractivity contribution in [3.63, 3.8) is 0 Å². The van der Waals surface area contributed by atoms with Crippen LogP contribution in [-0.2, 0) is 4.79 Å². The molecule has 0 spiro atoms. The molecule has 1 N–H and O–H groups in total. The summed E-state index contributed by atoms with van der Waals surface area (Å²) in [5.74, 6) is -0.440. The molecule has 0 aliphatic rings. The lowest BCUT2D eigenvalue weighted by Gasteiger charge is -2.26. The molecule has 0 fully saturated rings. The van der Waals surface area contributed by atoms with E-state index in [1.54, 1.807) is 31.2 Å². The Bertz CT molecular complexity index is 1110. The first-order chi connectivity index (χ1) is 22.5. The number of unbranched alkanes of at least 4 members (excludes halogenated alkanes) is 16. The van der Waals surface area contributed by atoms with Crippen molar-refractivity contribution < 1.29 is 19.4 Å². The van der Waals surface area contributed by atoms with Gasteiger partial charge in [0.1, 0.15) is 11.8 Å². The third-order valence-electron chi connectivity index (χ3n) is 8.37. The molecule has 0 aliphatic heterocycles. The highest BCUT2D eigenvalue weighted by Crippen LogP contribution is 2.23. The van der Waals surface area contributed by atoms with Gasteiger partial charge in [0.05, 0.1) is 18.0 Å². The molecule has 1 atom stereocenters. The van der Waals surface area contributed by atoms with Crippen LogP contribution < -0.4 is 4.74 Å². The van der Waals surface area contributed by atoms with Crippen LogP contribution in [0.3, 0.4) is 0 Å². The standard InChI is InChI=1S/C38H58BrN3O4/c1-3-4-5-6-7-8-10-13-16-19-30-42(32(2)38(44)45)37(43)33-21-23-34(24-22-33)40-41-35-25-27-36(28-26-35)46-31-20-17-14-11-9-12-15-18-29-39/h21-28,32H,3-20,29-31H2,1-2H3,(H,44,45)/t32-/m0/s1. The number of ether oxygens (including phenoxy) is 1. The fourth-order valence-electron chi connectivity index (χ4n) is 5.38. The van der Waals surface area contributed by atoms with E-state index in [2.05, 4.69) is 33.1 Å². The molecule has 0 aliphatic carbocycles. The fraction of sp³-hybridized carbons (Fsp3) is 0.632. The van der Waals surface area contributed by atoms with E-state index in [-0.39, 0.29) is 5.91 Å². The summed E-state index contributed by atoms with van der Waals surface area (Å²) in [6.45, 7) is 4.96. The SMILES string of the molecule is CCCCCCCCCCCCN(C(=O)c1ccc(N=Nc2ccc(OCCCCCCCCCCBr)cc2)cc1)[C@@H](C)C(=O)O. The highest BCUT2D eigenvalue weighted by Gasteiger charge is 2.26. The van der Waals surface area contributed by atoms with Gasteiger partial charge in [-0.05, 0) is 74.7 Å². The number of hydrogen-bond acceptors (Lipinski definition) is 5. The van der Waals surface area contributed by atoms with Gasteiger partial charge in [-0.2, -0.15) is 10.2 Å². The maximum atomic E-state index is 13.3.